The maximum atomic E-state index is 5.89. The lowest BCUT2D eigenvalue weighted by atomic mass is 10.1. The first-order valence-electron chi connectivity index (χ1n) is 6.93. The van der Waals surface area contributed by atoms with Crippen LogP contribution in [0.2, 0.25) is 0 Å². The van der Waals surface area contributed by atoms with Gasteiger partial charge in [-0.3, -0.25) is 0 Å². The Bertz CT molecular complexity index is 552. The number of nitrogens with two attached hydrogens (primary N) is 1. The highest BCUT2D eigenvalue weighted by Gasteiger charge is 2.12. The van der Waals surface area contributed by atoms with E-state index in [9.17, 15) is 0 Å². The molecule has 0 fully saturated rings. The summed E-state index contributed by atoms with van der Waals surface area (Å²) >= 11 is 0. The molecule has 1 heterocycles. The third kappa shape index (κ3) is 3.81. The predicted molar refractivity (Wildman–Crippen MR) is 77.5 cm³/mol. The summed E-state index contributed by atoms with van der Waals surface area (Å²) in [7, 11) is 0. The molecule has 1 atom stereocenters. The molecule has 5 heteroatoms. The van der Waals surface area contributed by atoms with Crippen molar-refractivity contribution in [1.29, 1.82) is 0 Å². The molecule has 0 aliphatic carbocycles. The highest BCUT2D eigenvalue weighted by molar-refractivity contribution is 5.55. The van der Waals surface area contributed by atoms with Gasteiger partial charge in [0.15, 0.2) is 5.82 Å². The minimum absolute atomic E-state index is 0.0658. The zero-order valence-corrected chi connectivity index (χ0v) is 12.2. The van der Waals surface area contributed by atoms with Crippen molar-refractivity contribution in [2.45, 2.75) is 45.8 Å². The van der Waals surface area contributed by atoms with Crippen molar-refractivity contribution < 1.29 is 9.26 Å². The van der Waals surface area contributed by atoms with Gasteiger partial charge in [0.1, 0.15) is 5.75 Å². The van der Waals surface area contributed by atoms with Gasteiger partial charge in [-0.25, -0.2) is 0 Å². The van der Waals surface area contributed by atoms with Crippen molar-refractivity contribution in [3.8, 4) is 17.2 Å². The van der Waals surface area contributed by atoms with Crippen LogP contribution in [0.15, 0.2) is 28.8 Å². The first kappa shape index (κ1) is 14.5. The van der Waals surface area contributed by atoms with Crippen LogP contribution in [0, 0.1) is 0 Å². The Morgan fingerprint density at radius 3 is 2.85 bits per heavy atom. The van der Waals surface area contributed by atoms with Crippen LogP contribution in [0.5, 0.6) is 5.75 Å². The molecule has 0 aliphatic heterocycles. The molecule has 2 aromatic rings. The molecular formula is C15H21N3O2. The average Bonchev–Trinajstić information content (AvgIpc) is 2.86. The minimum Gasteiger partial charge on any atom is -0.491 e. The van der Waals surface area contributed by atoms with Crippen LogP contribution in [-0.2, 0) is 6.42 Å². The zero-order chi connectivity index (χ0) is 14.5. The van der Waals surface area contributed by atoms with E-state index < -0.39 is 0 Å². The molecule has 0 saturated heterocycles. The normalized spacial score (nSPS) is 12.7. The van der Waals surface area contributed by atoms with Crippen LogP contribution in [0.3, 0.4) is 0 Å². The van der Waals surface area contributed by atoms with E-state index >= 15 is 0 Å². The molecule has 5 nitrogen and oxygen atoms in total. The van der Waals surface area contributed by atoms with Gasteiger partial charge in [-0.15, -0.1) is 0 Å². The third-order valence-electron chi connectivity index (χ3n) is 2.89. The number of nitrogens with zero attached hydrogens (tertiary/aromatic N) is 2. The summed E-state index contributed by atoms with van der Waals surface area (Å²) < 4.78 is 10.9. The summed E-state index contributed by atoms with van der Waals surface area (Å²) in [5, 5.41) is 3.96. The van der Waals surface area contributed by atoms with Gasteiger partial charge in [0.25, 0.3) is 5.89 Å². The van der Waals surface area contributed by atoms with Gasteiger partial charge in [-0.2, -0.15) is 4.98 Å². The summed E-state index contributed by atoms with van der Waals surface area (Å²) in [5.41, 5.74) is 6.74. The molecule has 0 saturated carbocycles. The molecule has 0 spiro atoms. The van der Waals surface area contributed by atoms with E-state index in [1.54, 1.807) is 0 Å². The monoisotopic (exact) mass is 275 g/mol. The third-order valence-corrected chi connectivity index (χ3v) is 2.89. The van der Waals surface area contributed by atoms with Crippen LogP contribution in [-0.4, -0.2) is 22.3 Å². The second-order valence-corrected chi connectivity index (χ2v) is 5.08. The standard InChI is InChI=1S/C15H21N3O2/c1-4-12(16)9-14-17-15(20-18-14)11-6-5-7-13(8-11)19-10(2)3/h5-8,10,12H,4,9,16H2,1-3H3. The van der Waals surface area contributed by atoms with Crippen molar-refractivity contribution in [3.63, 3.8) is 0 Å². The average molecular weight is 275 g/mol. The Balaban J connectivity index is 2.15. The van der Waals surface area contributed by atoms with Crippen molar-refractivity contribution in [2.24, 2.45) is 5.73 Å². The maximum Gasteiger partial charge on any atom is 0.258 e. The second-order valence-electron chi connectivity index (χ2n) is 5.08. The van der Waals surface area contributed by atoms with Crippen molar-refractivity contribution in [1.82, 2.24) is 10.1 Å². The number of benzene rings is 1. The van der Waals surface area contributed by atoms with Crippen LogP contribution < -0.4 is 10.5 Å². The highest BCUT2D eigenvalue weighted by Crippen LogP contribution is 2.23. The van der Waals surface area contributed by atoms with Gasteiger partial charge < -0.3 is 15.0 Å². The molecule has 2 N–H and O–H groups in total. The predicted octanol–water partition coefficient (Wildman–Crippen LogP) is 2.80. The molecule has 0 radical (unpaired) electrons. The molecule has 1 unspecified atom stereocenters. The van der Waals surface area contributed by atoms with Crippen LogP contribution >= 0.6 is 0 Å². The van der Waals surface area contributed by atoms with E-state index in [4.69, 9.17) is 15.0 Å². The topological polar surface area (TPSA) is 74.2 Å². The van der Waals surface area contributed by atoms with Crippen molar-refractivity contribution in [2.75, 3.05) is 0 Å². The second kappa shape index (κ2) is 6.52. The van der Waals surface area contributed by atoms with Gasteiger partial charge in [0.2, 0.25) is 0 Å². The van der Waals surface area contributed by atoms with Gasteiger partial charge in [0.05, 0.1) is 6.10 Å². The Labute approximate surface area is 119 Å². The van der Waals surface area contributed by atoms with Crippen LogP contribution in [0.25, 0.3) is 11.5 Å². The fourth-order valence-corrected chi connectivity index (χ4v) is 1.81. The van der Waals surface area contributed by atoms with E-state index in [-0.39, 0.29) is 12.1 Å². The zero-order valence-electron chi connectivity index (χ0n) is 12.2. The summed E-state index contributed by atoms with van der Waals surface area (Å²) in [4.78, 5) is 4.38. The maximum absolute atomic E-state index is 5.89. The largest absolute Gasteiger partial charge is 0.491 e. The fourth-order valence-electron chi connectivity index (χ4n) is 1.81. The summed E-state index contributed by atoms with van der Waals surface area (Å²) in [5.74, 6) is 1.93. The van der Waals surface area contributed by atoms with E-state index in [0.717, 1.165) is 17.7 Å². The van der Waals surface area contributed by atoms with Gasteiger partial charge >= 0.3 is 0 Å². The number of hydrogen-bond donors (Lipinski definition) is 1. The molecule has 108 valence electrons. The SMILES string of the molecule is CCC(N)Cc1noc(-c2cccc(OC(C)C)c2)n1. The van der Waals surface area contributed by atoms with Crippen molar-refractivity contribution >= 4 is 0 Å². The molecule has 20 heavy (non-hydrogen) atoms. The molecule has 2 rings (SSSR count). The first-order chi connectivity index (χ1) is 9.58. The fraction of sp³-hybridized carbons (Fsp3) is 0.467. The summed E-state index contributed by atoms with van der Waals surface area (Å²) in [6.07, 6.45) is 1.65. The quantitative estimate of drug-likeness (QED) is 0.877. The Morgan fingerprint density at radius 2 is 2.15 bits per heavy atom. The molecule has 1 aromatic heterocycles. The number of aromatic nitrogens is 2. The number of ether oxygens (including phenoxy) is 1. The molecule has 0 aliphatic rings. The van der Waals surface area contributed by atoms with Crippen molar-refractivity contribution in [3.05, 3.63) is 30.1 Å². The summed E-state index contributed by atoms with van der Waals surface area (Å²) in [6, 6.07) is 7.71. The van der Waals surface area contributed by atoms with Crippen LogP contribution in [0.1, 0.15) is 33.0 Å². The van der Waals surface area contributed by atoms with Gasteiger partial charge in [-0.05, 0) is 38.5 Å². The van der Waals surface area contributed by atoms with Gasteiger partial charge in [0, 0.05) is 18.0 Å². The van der Waals surface area contributed by atoms with E-state index in [1.807, 2.05) is 45.0 Å². The lowest BCUT2D eigenvalue weighted by Crippen LogP contribution is -2.21. The van der Waals surface area contributed by atoms with Gasteiger partial charge in [-0.1, -0.05) is 18.1 Å². The first-order valence-corrected chi connectivity index (χ1v) is 6.93. The Morgan fingerprint density at radius 1 is 1.35 bits per heavy atom. The highest BCUT2D eigenvalue weighted by atomic mass is 16.5. The Kier molecular flexibility index (Phi) is 4.74. The van der Waals surface area contributed by atoms with Crippen LogP contribution in [0.4, 0.5) is 0 Å². The lowest BCUT2D eigenvalue weighted by molar-refractivity contribution is 0.242. The molecule has 0 bridgehead atoms. The van der Waals surface area contributed by atoms with E-state index in [2.05, 4.69) is 10.1 Å². The van der Waals surface area contributed by atoms with E-state index in [1.165, 1.54) is 0 Å². The molecule has 1 aromatic carbocycles. The number of hydrogen-bond acceptors (Lipinski definition) is 5. The number of rotatable bonds is 6. The molecular weight excluding hydrogens is 254 g/mol. The van der Waals surface area contributed by atoms with E-state index in [0.29, 0.717) is 18.1 Å². The smallest absolute Gasteiger partial charge is 0.258 e. The minimum atomic E-state index is 0.0658. The summed E-state index contributed by atoms with van der Waals surface area (Å²) in [6.45, 7) is 6.02. The lowest BCUT2D eigenvalue weighted by Gasteiger charge is -2.09. The molecule has 0 amide bonds. The Hall–Kier alpha value is -1.88.